The van der Waals surface area contributed by atoms with Crippen molar-refractivity contribution in [3.05, 3.63) is 63.9 Å². The first kappa shape index (κ1) is 22.8. The lowest BCUT2D eigenvalue weighted by Gasteiger charge is -2.15. The smallest absolute Gasteiger partial charge is 0.319 e. The van der Waals surface area contributed by atoms with E-state index in [4.69, 9.17) is 11.5 Å². The van der Waals surface area contributed by atoms with Gasteiger partial charge in [-0.15, -0.1) is 11.3 Å². The van der Waals surface area contributed by atoms with E-state index in [1.165, 1.54) is 28.7 Å². The first-order valence-corrected chi connectivity index (χ1v) is 10.9. The van der Waals surface area contributed by atoms with Crippen LogP contribution in [0.3, 0.4) is 0 Å². The van der Waals surface area contributed by atoms with Crippen LogP contribution in [0.15, 0.2) is 51.5 Å². The summed E-state index contributed by atoms with van der Waals surface area (Å²) < 4.78 is -0.151. The zero-order valence-corrected chi connectivity index (χ0v) is 18.8. The molecule has 0 fully saturated rings. The average molecular weight is 433 g/mol. The van der Waals surface area contributed by atoms with Crippen molar-refractivity contribution in [1.82, 2.24) is 10.3 Å². The molecular weight excluding hydrogens is 404 g/mol. The Balaban J connectivity index is 1.91. The molecule has 0 aliphatic carbocycles. The fourth-order valence-corrected chi connectivity index (χ4v) is 4.54. The van der Waals surface area contributed by atoms with Gasteiger partial charge < -0.3 is 21.9 Å². The summed E-state index contributed by atoms with van der Waals surface area (Å²) in [6, 6.07) is 8.02. The largest absolute Gasteiger partial charge is 0.480 e. The van der Waals surface area contributed by atoms with Gasteiger partial charge in [-0.25, -0.2) is 4.98 Å². The summed E-state index contributed by atoms with van der Waals surface area (Å²) in [5, 5.41) is 14.4. The van der Waals surface area contributed by atoms with E-state index in [1.807, 2.05) is 49.6 Å². The maximum absolute atomic E-state index is 11.2. The first-order chi connectivity index (χ1) is 13.6. The number of hydrogen-bond acceptors (Lipinski definition) is 7. The number of aryl methyl sites for hydroxylation is 1. The number of carboxylic acid groups (broad SMARTS) is 1. The number of aromatic nitrogens is 1. The standard InChI is InChI=1S/C21H28N4O2S2/c1-13-5-7-15(8-6-13)17(22)11-14(2)18(23)24-10-9-16-12-28-20(25-16)29-21(3,4)19(26)27/h5-8,11-12,24H,9-10,22-23H2,1-4H3,(H,26,27)/b17-11-,18-14+. The molecule has 0 saturated heterocycles. The minimum absolute atomic E-state index is 0.567. The Kier molecular flexibility index (Phi) is 7.75. The molecule has 0 unspecified atom stereocenters. The Hall–Kier alpha value is -2.45. The highest BCUT2D eigenvalue weighted by Gasteiger charge is 2.29. The van der Waals surface area contributed by atoms with E-state index in [1.54, 1.807) is 13.8 Å². The summed E-state index contributed by atoms with van der Waals surface area (Å²) in [6.07, 6.45) is 2.55. The molecule has 0 aliphatic rings. The van der Waals surface area contributed by atoms with Crippen molar-refractivity contribution in [3.63, 3.8) is 0 Å². The Bertz CT molecular complexity index is 915. The van der Waals surface area contributed by atoms with Gasteiger partial charge in [0.15, 0.2) is 4.34 Å². The van der Waals surface area contributed by atoms with E-state index in [0.29, 0.717) is 24.5 Å². The molecular formula is C21H28N4O2S2. The van der Waals surface area contributed by atoms with Gasteiger partial charge in [0.05, 0.1) is 11.5 Å². The summed E-state index contributed by atoms with van der Waals surface area (Å²) in [6.45, 7) is 7.92. The Morgan fingerprint density at radius 1 is 1.31 bits per heavy atom. The van der Waals surface area contributed by atoms with Gasteiger partial charge in [-0.3, -0.25) is 4.79 Å². The molecule has 29 heavy (non-hydrogen) atoms. The van der Waals surface area contributed by atoms with E-state index in [-0.39, 0.29) is 0 Å². The van der Waals surface area contributed by atoms with Crippen molar-refractivity contribution in [2.24, 2.45) is 11.5 Å². The number of nitrogens with two attached hydrogens (primary N) is 2. The highest BCUT2D eigenvalue weighted by atomic mass is 32.2. The van der Waals surface area contributed by atoms with Gasteiger partial charge in [-0.1, -0.05) is 41.6 Å². The molecule has 0 amide bonds. The molecule has 6 N–H and O–H groups in total. The van der Waals surface area contributed by atoms with Crippen molar-refractivity contribution in [3.8, 4) is 0 Å². The Labute approximate surface area is 180 Å². The minimum Gasteiger partial charge on any atom is -0.480 e. The van der Waals surface area contributed by atoms with E-state index >= 15 is 0 Å². The second-order valence-corrected chi connectivity index (χ2v) is 9.99. The molecule has 2 rings (SSSR count). The van der Waals surface area contributed by atoms with Crippen molar-refractivity contribution < 1.29 is 9.90 Å². The monoisotopic (exact) mass is 432 g/mol. The van der Waals surface area contributed by atoms with Crippen LogP contribution < -0.4 is 16.8 Å². The maximum atomic E-state index is 11.2. The second-order valence-electron chi connectivity index (χ2n) is 7.26. The number of carboxylic acids is 1. The quantitative estimate of drug-likeness (QED) is 0.352. The van der Waals surface area contributed by atoms with Gasteiger partial charge in [-0.2, -0.15) is 0 Å². The third kappa shape index (κ3) is 6.83. The topological polar surface area (TPSA) is 114 Å². The van der Waals surface area contributed by atoms with Gasteiger partial charge >= 0.3 is 5.97 Å². The lowest BCUT2D eigenvalue weighted by Crippen LogP contribution is -2.26. The highest BCUT2D eigenvalue weighted by molar-refractivity contribution is 8.02. The summed E-state index contributed by atoms with van der Waals surface area (Å²) >= 11 is 2.71. The Morgan fingerprint density at radius 3 is 2.59 bits per heavy atom. The highest BCUT2D eigenvalue weighted by Crippen LogP contribution is 2.34. The predicted molar refractivity (Wildman–Crippen MR) is 122 cm³/mol. The Morgan fingerprint density at radius 2 is 1.97 bits per heavy atom. The van der Waals surface area contributed by atoms with Crippen LogP contribution in [0.4, 0.5) is 0 Å². The van der Waals surface area contributed by atoms with Crippen LogP contribution in [0.25, 0.3) is 5.70 Å². The number of carbonyl (C=O) groups is 1. The lowest BCUT2D eigenvalue weighted by molar-refractivity contribution is -0.138. The van der Waals surface area contributed by atoms with E-state index in [0.717, 1.165) is 21.2 Å². The third-order valence-electron chi connectivity index (χ3n) is 4.27. The summed E-state index contributed by atoms with van der Waals surface area (Å²) in [5.41, 5.74) is 16.9. The van der Waals surface area contributed by atoms with E-state index < -0.39 is 10.7 Å². The number of benzene rings is 1. The van der Waals surface area contributed by atoms with Crippen molar-refractivity contribution >= 4 is 34.8 Å². The van der Waals surface area contributed by atoms with E-state index in [2.05, 4.69) is 10.3 Å². The molecule has 156 valence electrons. The van der Waals surface area contributed by atoms with Crippen molar-refractivity contribution in [2.45, 2.75) is 43.2 Å². The fourth-order valence-electron chi connectivity index (χ4n) is 2.32. The zero-order valence-electron chi connectivity index (χ0n) is 17.2. The molecule has 0 saturated carbocycles. The number of rotatable bonds is 9. The van der Waals surface area contributed by atoms with Gasteiger partial charge in [0.25, 0.3) is 0 Å². The molecule has 8 heteroatoms. The zero-order chi connectivity index (χ0) is 21.6. The second kappa shape index (κ2) is 9.84. The van der Waals surface area contributed by atoms with Crippen LogP contribution in [0.1, 0.15) is 37.6 Å². The average Bonchev–Trinajstić information content (AvgIpc) is 3.08. The summed E-state index contributed by atoms with van der Waals surface area (Å²) in [5.74, 6) is -0.288. The molecule has 1 aromatic carbocycles. The third-order valence-corrected chi connectivity index (χ3v) is 6.44. The maximum Gasteiger partial charge on any atom is 0.319 e. The van der Waals surface area contributed by atoms with Crippen LogP contribution in [0, 0.1) is 6.92 Å². The molecule has 0 bridgehead atoms. The van der Waals surface area contributed by atoms with Crippen LogP contribution >= 0.6 is 23.1 Å². The molecule has 0 atom stereocenters. The molecule has 6 nitrogen and oxygen atoms in total. The molecule has 0 radical (unpaired) electrons. The summed E-state index contributed by atoms with van der Waals surface area (Å²) in [4.78, 5) is 15.7. The number of nitrogens with zero attached hydrogens (tertiary/aromatic N) is 1. The molecule has 1 aromatic heterocycles. The minimum atomic E-state index is -0.901. The van der Waals surface area contributed by atoms with Gasteiger partial charge in [-0.05, 0) is 44.9 Å². The lowest BCUT2D eigenvalue weighted by atomic mass is 10.1. The normalized spacial score (nSPS) is 13.2. The van der Waals surface area contributed by atoms with Crippen molar-refractivity contribution in [2.75, 3.05) is 6.54 Å². The SMILES string of the molecule is CC(/C=C(\N)c1ccc(C)cc1)=C(/N)NCCc1csc(SC(C)(C)C(=O)O)n1. The van der Waals surface area contributed by atoms with Gasteiger partial charge in [0.2, 0.25) is 0 Å². The first-order valence-electron chi connectivity index (χ1n) is 9.19. The number of nitrogens with one attached hydrogen (secondary N) is 1. The number of hydrogen-bond donors (Lipinski definition) is 4. The van der Waals surface area contributed by atoms with Gasteiger partial charge in [0, 0.05) is 24.0 Å². The van der Waals surface area contributed by atoms with Crippen molar-refractivity contribution in [1.29, 1.82) is 0 Å². The van der Waals surface area contributed by atoms with Crippen LogP contribution in [-0.2, 0) is 11.2 Å². The fraction of sp³-hybridized carbons (Fsp3) is 0.333. The molecule has 2 aromatic rings. The molecule has 0 aliphatic heterocycles. The van der Waals surface area contributed by atoms with Gasteiger partial charge in [0.1, 0.15) is 4.75 Å². The number of thioether (sulfide) groups is 1. The summed E-state index contributed by atoms with van der Waals surface area (Å²) in [7, 11) is 0. The molecule has 1 heterocycles. The van der Waals surface area contributed by atoms with Crippen LogP contribution in [-0.4, -0.2) is 27.4 Å². The molecule has 0 spiro atoms. The van der Waals surface area contributed by atoms with Crippen LogP contribution in [0.5, 0.6) is 0 Å². The number of thiazole rings is 1. The van der Waals surface area contributed by atoms with E-state index in [9.17, 15) is 9.90 Å². The predicted octanol–water partition coefficient (Wildman–Crippen LogP) is 3.73. The number of aliphatic carboxylic acids is 1. The number of allylic oxidation sites excluding steroid dienone is 2. The van der Waals surface area contributed by atoms with Crippen LogP contribution in [0.2, 0.25) is 0 Å².